The molecule has 0 saturated carbocycles. The zero-order valence-electron chi connectivity index (χ0n) is 14.9. The Kier molecular flexibility index (Phi) is 2.85. The lowest BCUT2D eigenvalue weighted by molar-refractivity contribution is -0.578. The molecule has 2 bridgehead atoms. The minimum absolute atomic E-state index is 0.390. The number of aromatic nitrogens is 3. The van der Waals surface area contributed by atoms with Crippen LogP contribution >= 0.6 is 0 Å². The zero-order chi connectivity index (χ0) is 19.9. The number of hydrogen-bond donors (Lipinski definition) is 0. The van der Waals surface area contributed by atoms with Gasteiger partial charge in [0.15, 0.2) is 0 Å². The summed E-state index contributed by atoms with van der Waals surface area (Å²) in [7, 11) is 0. The Balaban J connectivity index is 1.72. The van der Waals surface area contributed by atoms with E-state index >= 15 is 0 Å². The fraction of sp³-hybridized carbons (Fsp3) is 0.200. The van der Waals surface area contributed by atoms with Gasteiger partial charge in [-0.1, -0.05) is 48.5 Å². The number of amides is 2. The average Bonchev–Trinajstić information content (AvgIpc) is 3.35. The van der Waals surface area contributed by atoms with Crippen LogP contribution in [-0.4, -0.2) is 31.6 Å². The molecule has 9 heteroatoms. The normalized spacial score (nSPS) is 28.8. The van der Waals surface area contributed by atoms with E-state index in [9.17, 15) is 19.7 Å². The van der Waals surface area contributed by atoms with Crippen LogP contribution in [0.4, 0.5) is 0 Å². The third kappa shape index (κ3) is 1.63. The van der Waals surface area contributed by atoms with Crippen LogP contribution in [0.15, 0.2) is 61.2 Å². The maximum absolute atomic E-state index is 13.5. The largest absolute Gasteiger partial charge is 0.285 e. The van der Waals surface area contributed by atoms with Crippen molar-refractivity contribution >= 4 is 11.8 Å². The SMILES string of the molecule is O=C1C2C3c4ccccc4C([N+](=O)[O-])(c4ccccc43)C2C(=O)N1n1cnnc1. The van der Waals surface area contributed by atoms with Crippen molar-refractivity contribution < 1.29 is 14.5 Å². The molecule has 142 valence electrons. The molecular formula is C20H13N5O4. The molecule has 4 aliphatic rings. The van der Waals surface area contributed by atoms with Gasteiger partial charge >= 0.3 is 0 Å². The Bertz CT molecular complexity index is 1170. The molecule has 1 aliphatic heterocycles. The van der Waals surface area contributed by atoms with Crippen molar-refractivity contribution in [1.82, 2.24) is 14.9 Å². The molecule has 0 radical (unpaired) electrons. The van der Waals surface area contributed by atoms with Crippen molar-refractivity contribution in [1.29, 1.82) is 0 Å². The molecule has 0 N–H and O–H groups in total. The topological polar surface area (TPSA) is 111 Å². The van der Waals surface area contributed by atoms with Crippen LogP contribution in [0.2, 0.25) is 0 Å². The maximum atomic E-state index is 13.5. The van der Waals surface area contributed by atoms with E-state index in [1.807, 2.05) is 24.3 Å². The van der Waals surface area contributed by atoms with Gasteiger partial charge in [0.1, 0.15) is 18.6 Å². The van der Waals surface area contributed by atoms with Crippen molar-refractivity contribution in [2.45, 2.75) is 11.5 Å². The molecule has 29 heavy (non-hydrogen) atoms. The highest BCUT2D eigenvalue weighted by molar-refractivity contribution is 6.18. The molecule has 3 aliphatic carbocycles. The van der Waals surface area contributed by atoms with Gasteiger partial charge in [-0.15, -0.1) is 10.2 Å². The summed E-state index contributed by atoms with van der Waals surface area (Å²) in [5.74, 6) is -3.50. The fourth-order valence-corrected chi connectivity index (χ4v) is 5.55. The van der Waals surface area contributed by atoms with E-state index in [4.69, 9.17) is 0 Å². The van der Waals surface area contributed by atoms with E-state index in [1.54, 1.807) is 24.3 Å². The van der Waals surface area contributed by atoms with Crippen LogP contribution in [-0.2, 0) is 15.1 Å². The number of hydrogen-bond acceptors (Lipinski definition) is 6. The van der Waals surface area contributed by atoms with Gasteiger partial charge in [-0.05, 0) is 11.1 Å². The predicted molar refractivity (Wildman–Crippen MR) is 97.7 cm³/mol. The van der Waals surface area contributed by atoms with Crippen LogP contribution < -0.4 is 5.01 Å². The van der Waals surface area contributed by atoms with Crippen molar-refractivity contribution in [3.05, 3.63) is 93.6 Å². The van der Waals surface area contributed by atoms with Crippen molar-refractivity contribution in [3.8, 4) is 0 Å². The van der Waals surface area contributed by atoms with E-state index in [0.29, 0.717) is 11.1 Å². The Morgan fingerprint density at radius 3 is 2.00 bits per heavy atom. The van der Waals surface area contributed by atoms with Crippen molar-refractivity contribution in [3.63, 3.8) is 0 Å². The number of nitro groups is 1. The Morgan fingerprint density at radius 2 is 1.45 bits per heavy atom. The van der Waals surface area contributed by atoms with Gasteiger partial charge in [0.25, 0.3) is 17.4 Å². The Labute approximate surface area is 163 Å². The second-order valence-corrected chi connectivity index (χ2v) is 7.51. The summed E-state index contributed by atoms with van der Waals surface area (Å²) in [5, 5.41) is 21.0. The number of carbonyl (C=O) groups is 2. The van der Waals surface area contributed by atoms with E-state index in [0.717, 1.165) is 16.1 Å². The minimum atomic E-state index is -1.82. The van der Waals surface area contributed by atoms with Crippen molar-refractivity contribution in [2.24, 2.45) is 11.8 Å². The first-order valence-corrected chi connectivity index (χ1v) is 9.14. The molecule has 1 fully saturated rings. The monoisotopic (exact) mass is 387 g/mol. The van der Waals surface area contributed by atoms with E-state index in [2.05, 4.69) is 10.2 Å². The highest BCUT2D eigenvalue weighted by Gasteiger charge is 2.75. The molecule has 7 rings (SSSR count). The standard InChI is InChI=1S/C20H13N5O4/c26-18-16-15-11-5-1-3-7-13(11)20(25(28)29,14-8-4-2-6-12(14)15)17(16)19(27)24(18)23-9-21-22-10-23/h1-10,15-17H. The van der Waals surface area contributed by atoms with Crippen LogP contribution in [0, 0.1) is 22.0 Å². The van der Waals surface area contributed by atoms with Crippen LogP contribution in [0.5, 0.6) is 0 Å². The van der Waals surface area contributed by atoms with Gasteiger partial charge in [0.05, 0.1) is 5.92 Å². The molecule has 2 heterocycles. The van der Waals surface area contributed by atoms with Crippen molar-refractivity contribution in [2.75, 3.05) is 5.01 Å². The summed E-state index contributed by atoms with van der Waals surface area (Å²) in [4.78, 5) is 39.3. The quantitative estimate of drug-likeness (QED) is 0.371. The zero-order valence-corrected chi connectivity index (χ0v) is 14.9. The third-order valence-corrected chi connectivity index (χ3v) is 6.48. The molecule has 1 aromatic heterocycles. The fourth-order valence-electron chi connectivity index (χ4n) is 5.55. The molecular weight excluding hydrogens is 374 g/mol. The van der Waals surface area contributed by atoms with Crippen LogP contribution in [0.3, 0.4) is 0 Å². The first-order valence-electron chi connectivity index (χ1n) is 9.14. The summed E-state index contributed by atoms with van der Waals surface area (Å²) < 4.78 is 1.20. The first-order chi connectivity index (χ1) is 14.1. The summed E-state index contributed by atoms with van der Waals surface area (Å²) >= 11 is 0. The van der Waals surface area contributed by atoms with Crippen LogP contribution in [0.1, 0.15) is 28.2 Å². The van der Waals surface area contributed by atoms with E-state index < -0.39 is 40.0 Å². The highest BCUT2D eigenvalue weighted by atomic mass is 16.6. The first kappa shape index (κ1) is 16.1. The van der Waals surface area contributed by atoms with E-state index in [-0.39, 0.29) is 0 Å². The molecule has 1 saturated heterocycles. The van der Waals surface area contributed by atoms with Gasteiger partial charge in [-0.2, -0.15) is 5.01 Å². The third-order valence-electron chi connectivity index (χ3n) is 6.48. The molecule has 2 amide bonds. The molecule has 3 aromatic rings. The van der Waals surface area contributed by atoms with Gasteiger partial charge < -0.3 is 0 Å². The minimum Gasteiger partial charge on any atom is -0.272 e. The lowest BCUT2D eigenvalue weighted by Gasteiger charge is -2.48. The predicted octanol–water partition coefficient (Wildman–Crippen LogP) is 1.19. The molecule has 2 unspecified atom stereocenters. The number of imide groups is 1. The maximum Gasteiger partial charge on any atom is 0.285 e. The number of carbonyl (C=O) groups excluding carboxylic acids is 2. The lowest BCUT2D eigenvalue weighted by Crippen LogP contribution is -2.57. The molecule has 2 aromatic carbocycles. The average molecular weight is 387 g/mol. The van der Waals surface area contributed by atoms with Crippen LogP contribution in [0.25, 0.3) is 0 Å². The Hall–Kier alpha value is -3.88. The number of rotatable bonds is 2. The lowest BCUT2D eigenvalue weighted by atomic mass is 9.51. The summed E-state index contributed by atoms with van der Waals surface area (Å²) in [5.41, 5.74) is 0.623. The van der Waals surface area contributed by atoms with Gasteiger partial charge in [-0.25, -0.2) is 4.68 Å². The van der Waals surface area contributed by atoms with Gasteiger partial charge in [0.2, 0.25) is 0 Å². The number of benzene rings is 2. The second-order valence-electron chi connectivity index (χ2n) is 7.51. The highest BCUT2D eigenvalue weighted by Crippen LogP contribution is 2.63. The van der Waals surface area contributed by atoms with Gasteiger partial charge in [0, 0.05) is 22.0 Å². The number of nitrogens with zero attached hydrogens (tertiary/aromatic N) is 5. The summed E-state index contributed by atoms with van der Waals surface area (Å²) in [6.45, 7) is 0. The van der Waals surface area contributed by atoms with Gasteiger partial charge in [-0.3, -0.25) is 19.7 Å². The smallest absolute Gasteiger partial charge is 0.272 e. The molecule has 9 nitrogen and oxygen atoms in total. The summed E-state index contributed by atoms with van der Waals surface area (Å²) in [6.07, 6.45) is 2.49. The second kappa shape index (κ2) is 5.13. The Morgan fingerprint density at radius 1 is 0.897 bits per heavy atom. The molecule has 0 spiro atoms. The van der Waals surface area contributed by atoms with E-state index in [1.165, 1.54) is 17.3 Å². The summed E-state index contributed by atoms with van der Waals surface area (Å²) in [6, 6.07) is 14.1. The molecule has 2 atom stereocenters.